The van der Waals surface area contributed by atoms with Gasteiger partial charge in [-0.3, -0.25) is 4.79 Å². The van der Waals surface area contributed by atoms with Gasteiger partial charge in [0.2, 0.25) is 0 Å². The maximum Gasteiger partial charge on any atom is 0.253 e. The average molecular weight is 274 g/mol. The van der Waals surface area contributed by atoms with Gasteiger partial charge in [0.25, 0.3) is 5.91 Å². The first-order valence-corrected chi connectivity index (χ1v) is 6.76. The Bertz CT molecular complexity index is 502. The smallest absolute Gasteiger partial charge is 0.253 e. The normalized spacial score (nSPS) is 15.9. The van der Waals surface area contributed by atoms with E-state index < -0.39 is 0 Å². The summed E-state index contributed by atoms with van der Waals surface area (Å²) in [4.78, 5) is 14.1. The minimum Gasteiger partial charge on any atom is -0.394 e. The Hall–Kier alpha value is -1.90. The van der Waals surface area contributed by atoms with Crippen LogP contribution in [0.2, 0.25) is 0 Å². The van der Waals surface area contributed by atoms with Crippen molar-refractivity contribution in [2.24, 2.45) is 0 Å². The molecule has 5 nitrogen and oxygen atoms in total. The number of amides is 1. The zero-order valence-corrected chi connectivity index (χ0v) is 11.3. The number of aliphatic hydroxyl groups is 1. The number of piperidine rings is 1. The van der Waals surface area contributed by atoms with Crippen molar-refractivity contribution in [2.45, 2.75) is 18.9 Å². The monoisotopic (exact) mass is 274 g/mol. The van der Waals surface area contributed by atoms with Crippen LogP contribution in [0.5, 0.6) is 0 Å². The van der Waals surface area contributed by atoms with Crippen LogP contribution in [0.4, 0.5) is 0 Å². The van der Waals surface area contributed by atoms with E-state index in [9.17, 15) is 4.79 Å². The molecule has 2 rings (SSSR count). The van der Waals surface area contributed by atoms with Gasteiger partial charge in [-0.2, -0.15) is 5.26 Å². The fraction of sp³-hybridized carbons (Fsp3) is 0.467. The lowest BCUT2D eigenvalue weighted by atomic mass is 10.1. The Morgan fingerprint density at radius 3 is 2.85 bits per heavy atom. The predicted molar refractivity (Wildman–Crippen MR) is 73.1 cm³/mol. The van der Waals surface area contributed by atoms with Gasteiger partial charge in [0.1, 0.15) is 0 Å². The molecule has 1 heterocycles. The quantitative estimate of drug-likeness (QED) is 0.894. The SMILES string of the molecule is N#Cc1cccc(C(=O)N2CCC(OCCO)CC2)c1. The van der Waals surface area contributed by atoms with Crippen LogP contribution in [0, 0.1) is 11.3 Å². The van der Waals surface area contributed by atoms with Crippen molar-refractivity contribution in [3.63, 3.8) is 0 Å². The minimum absolute atomic E-state index is 0.0279. The Morgan fingerprint density at radius 1 is 1.45 bits per heavy atom. The van der Waals surface area contributed by atoms with Crippen LogP contribution in [0.15, 0.2) is 24.3 Å². The number of nitrogens with zero attached hydrogens (tertiary/aromatic N) is 2. The van der Waals surface area contributed by atoms with Gasteiger partial charge in [0.15, 0.2) is 0 Å². The molecule has 0 radical (unpaired) electrons. The van der Waals surface area contributed by atoms with Crippen molar-refractivity contribution in [1.82, 2.24) is 4.90 Å². The maximum absolute atomic E-state index is 12.3. The van der Waals surface area contributed by atoms with E-state index in [1.54, 1.807) is 29.2 Å². The molecule has 1 aliphatic rings. The first-order chi connectivity index (χ1) is 9.74. The summed E-state index contributed by atoms with van der Waals surface area (Å²) in [5, 5.41) is 17.6. The molecule has 0 bridgehead atoms. The van der Waals surface area contributed by atoms with Crippen LogP contribution in [0.3, 0.4) is 0 Å². The van der Waals surface area contributed by atoms with Gasteiger partial charge in [-0.05, 0) is 31.0 Å². The third-order valence-corrected chi connectivity index (χ3v) is 3.41. The Balaban J connectivity index is 1.93. The van der Waals surface area contributed by atoms with E-state index in [-0.39, 0.29) is 18.6 Å². The highest BCUT2D eigenvalue weighted by Gasteiger charge is 2.23. The summed E-state index contributed by atoms with van der Waals surface area (Å²) in [6, 6.07) is 8.81. The summed E-state index contributed by atoms with van der Waals surface area (Å²) in [6.45, 7) is 1.67. The molecule has 1 aliphatic heterocycles. The number of carbonyl (C=O) groups excluding carboxylic acids is 1. The molecule has 0 atom stereocenters. The van der Waals surface area contributed by atoms with E-state index in [0.29, 0.717) is 30.8 Å². The van der Waals surface area contributed by atoms with Gasteiger partial charge >= 0.3 is 0 Å². The molecule has 1 amide bonds. The molecular formula is C15H18N2O3. The standard InChI is InChI=1S/C15H18N2O3/c16-11-12-2-1-3-13(10-12)15(19)17-6-4-14(5-7-17)20-9-8-18/h1-3,10,14,18H,4-9H2. The molecule has 0 saturated carbocycles. The number of benzene rings is 1. The van der Waals surface area contributed by atoms with Crippen LogP contribution < -0.4 is 0 Å². The largest absolute Gasteiger partial charge is 0.394 e. The van der Waals surface area contributed by atoms with Gasteiger partial charge in [0, 0.05) is 18.7 Å². The van der Waals surface area contributed by atoms with Crippen LogP contribution in [-0.4, -0.2) is 48.3 Å². The summed E-state index contributed by atoms with van der Waals surface area (Å²) in [6.07, 6.45) is 1.68. The van der Waals surface area contributed by atoms with Crippen molar-refractivity contribution >= 4 is 5.91 Å². The van der Waals surface area contributed by atoms with E-state index in [0.717, 1.165) is 12.8 Å². The molecule has 0 aromatic heterocycles. The Kier molecular flexibility index (Phi) is 5.10. The van der Waals surface area contributed by atoms with Crippen molar-refractivity contribution < 1.29 is 14.6 Å². The predicted octanol–water partition coefficient (Wildman–Crippen LogP) is 1.17. The summed E-state index contributed by atoms with van der Waals surface area (Å²) < 4.78 is 5.47. The summed E-state index contributed by atoms with van der Waals surface area (Å²) in [5.74, 6) is -0.0392. The van der Waals surface area contributed by atoms with Crippen LogP contribution in [0.25, 0.3) is 0 Å². The summed E-state index contributed by atoms with van der Waals surface area (Å²) >= 11 is 0. The number of aliphatic hydroxyl groups excluding tert-OH is 1. The van der Waals surface area contributed by atoms with Crippen LogP contribution >= 0.6 is 0 Å². The fourth-order valence-corrected chi connectivity index (χ4v) is 2.35. The molecule has 1 aromatic rings. The zero-order valence-electron chi connectivity index (χ0n) is 11.3. The highest BCUT2D eigenvalue weighted by atomic mass is 16.5. The second kappa shape index (κ2) is 7.04. The van der Waals surface area contributed by atoms with E-state index >= 15 is 0 Å². The first kappa shape index (κ1) is 14.5. The second-order valence-electron chi connectivity index (χ2n) is 4.78. The minimum atomic E-state index is -0.0392. The number of hydrogen-bond donors (Lipinski definition) is 1. The van der Waals surface area contributed by atoms with Crippen molar-refractivity contribution in [3.8, 4) is 6.07 Å². The molecule has 0 aliphatic carbocycles. The van der Waals surface area contributed by atoms with Crippen molar-refractivity contribution in [3.05, 3.63) is 35.4 Å². The highest BCUT2D eigenvalue weighted by Crippen LogP contribution is 2.16. The van der Waals surface area contributed by atoms with Gasteiger partial charge in [0.05, 0.1) is 31.0 Å². The van der Waals surface area contributed by atoms with Crippen molar-refractivity contribution in [2.75, 3.05) is 26.3 Å². The van der Waals surface area contributed by atoms with Crippen molar-refractivity contribution in [1.29, 1.82) is 5.26 Å². The summed E-state index contributed by atoms with van der Waals surface area (Å²) in [5.41, 5.74) is 1.05. The maximum atomic E-state index is 12.3. The Morgan fingerprint density at radius 2 is 2.20 bits per heavy atom. The first-order valence-electron chi connectivity index (χ1n) is 6.76. The third kappa shape index (κ3) is 3.56. The zero-order chi connectivity index (χ0) is 14.4. The van der Waals surface area contributed by atoms with Gasteiger partial charge in [-0.15, -0.1) is 0 Å². The molecule has 5 heteroatoms. The molecular weight excluding hydrogens is 256 g/mol. The number of likely N-dealkylation sites (tertiary alicyclic amines) is 1. The molecule has 20 heavy (non-hydrogen) atoms. The van der Waals surface area contributed by atoms with Gasteiger partial charge in [-0.25, -0.2) is 0 Å². The highest BCUT2D eigenvalue weighted by molar-refractivity contribution is 5.94. The molecule has 1 fully saturated rings. The molecule has 1 saturated heterocycles. The van der Waals surface area contributed by atoms with E-state index in [4.69, 9.17) is 15.1 Å². The molecule has 0 spiro atoms. The van der Waals surface area contributed by atoms with E-state index in [2.05, 4.69) is 0 Å². The van der Waals surface area contributed by atoms with Gasteiger partial charge in [-0.1, -0.05) is 6.07 Å². The molecule has 1 N–H and O–H groups in total. The number of nitriles is 1. The van der Waals surface area contributed by atoms with Crippen LogP contribution in [0.1, 0.15) is 28.8 Å². The van der Waals surface area contributed by atoms with E-state index in [1.807, 2.05) is 6.07 Å². The number of ether oxygens (including phenoxy) is 1. The van der Waals surface area contributed by atoms with Crippen LogP contribution in [-0.2, 0) is 4.74 Å². The lowest BCUT2D eigenvalue weighted by Crippen LogP contribution is -2.41. The average Bonchev–Trinajstić information content (AvgIpc) is 2.52. The number of carbonyl (C=O) groups is 1. The second-order valence-corrected chi connectivity index (χ2v) is 4.78. The number of rotatable bonds is 4. The van der Waals surface area contributed by atoms with Gasteiger partial charge < -0.3 is 14.7 Å². The number of hydrogen-bond acceptors (Lipinski definition) is 4. The molecule has 1 aromatic carbocycles. The third-order valence-electron chi connectivity index (χ3n) is 3.41. The lowest BCUT2D eigenvalue weighted by Gasteiger charge is -2.32. The fourth-order valence-electron chi connectivity index (χ4n) is 2.35. The molecule has 106 valence electrons. The Labute approximate surface area is 118 Å². The summed E-state index contributed by atoms with van der Waals surface area (Å²) in [7, 11) is 0. The van der Waals surface area contributed by atoms with E-state index in [1.165, 1.54) is 0 Å². The lowest BCUT2D eigenvalue weighted by molar-refractivity contribution is -0.00554. The topological polar surface area (TPSA) is 73.6 Å². The molecule has 0 unspecified atom stereocenters.